The molecule has 2 aromatic rings. The summed E-state index contributed by atoms with van der Waals surface area (Å²) in [5.74, 6) is 0. The van der Waals surface area contributed by atoms with Gasteiger partial charge in [0.1, 0.15) is 12.3 Å². The Hall–Kier alpha value is -1.74. The summed E-state index contributed by atoms with van der Waals surface area (Å²) in [6.07, 6.45) is -0.756. The summed E-state index contributed by atoms with van der Waals surface area (Å²) < 4.78 is 7.58. The SMILES string of the molecule is O=c1[nH]c(=O)n([C@H]2C[C@H](O)[C@@H](CO)O2)cc1-c1ccc(Br)cc1. The number of benzene rings is 1. The zero-order valence-corrected chi connectivity index (χ0v) is 13.6. The lowest BCUT2D eigenvalue weighted by Gasteiger charge is -2.15. The van der Waals surface area contributed by atoms with Gasteiger partial charge in [0.25, 0.3) is 5.56 Å². The molecule has 7 nitrogen and oxygen atoms in total. The van der Waals surface area contributed by atoms with Crippen molar-refractivity contribution in [1.82, 2.24) is 9.55 Å². The van der Waals surface area contributed by atoms with E-state index >= 15 is 0 Å². The molecule has 1 fully saturated rings. The molecular formula is C15H15BrN2O5. The highest BCUT2D eigenvalue weighted by molar-refractivity contribution is 9.10. The molecule has 0 aliphatic carbocycles. The minimum Gasteiger partial charge on any atom is -0.394 e. The number of aromatic nitrogens is 2. The summed E-state index contributed by atoms with van der Waals surface area (Å²) in [5.41, 5.74) is -0.138. The van der Waals surface area contributed by atoms with Gasteiger partial charge in [-0.05, 0) is 17.7 Å². The van der Waals surface area contributed by atoms with E-state index in [4.69, 9.17) is 9.84 Å². The van der Waals surface area contributed by atoms with E-state index in [1.165, 1.54) is 10.8 Å². The molecule has 8 heteroatoms. The minimum absolute atomic E-state index is 0.164. The fraction of sp³-hybridized carbons (Fsp3) is 0.333. The first-order valence-electron chi connectivity index (χ1n) is 7.05. The second kappa shape index (κ2) is 6.40. The first kappa shape index (κ1) is 16.1. The number of hydrogen-bond acceptors (Lipinski definition) is 5. The number of rotatable bonds is 3. The molecule has 23 heavy (non-hydrogen) atoms. The Morgan fingerprint density at radius 3 is 2.61 bits per heavy atom. The van der Waals surface area contributed by atoms with Crippen molar-refractivity contribution in [2.24, 2.45) is 0 Å². The molecule has 0 amide bonds. The Bertz CT molecular complexity index is 814. The number of nitrogens with zero attached hydrogens (tertiary/aromatic N) is 1. The van der Waals surface area contributed by atoms with Gasteiger partial charge in [-0.15, -0.1) is 0 Å². The molecule has 1 saturated heterocycles. The third-order valence-electron chi connectivity index (χ3n) is 3.82. The Labute approximate surface area is 139 Å². The van der Waals surface area contributed by atoms with Crippen LogP contribution in [0.25, 0.3) is 11.1 Å². The number of nitrogens with one attached hydrogen (secondary N) is 1. The van der Waals surface area contributed by atoms with E-state index in [-0.39, 0.29) is 13.0 Å². The fourth-order valence-electron chi connectivity index (χ4n) is 2.58. The van der Waals surface area contributed by atoms with Crippen LogP contribution in [-0.4, -0.2) is 38.6 Å². The first-order chi connectivity index (χ1) is 11.0. The molecular weight excluding hydrogens is 368 g/mol. The van der Waals surface area contributed by atoms with Crippen LogP contribution in [0, 0.1) is 0 Å². The van der Waals surface area contributed by atoms with E-state index in [2.05, 4.69) is 20.9 Å². The van der Waals surface area contributed by atoms with Gasteiger partial charge in [0, 0.05) is 17.1 Å². The molecule has 0 saturated carbocycles. The van der Waals surface area contributed by atoms with Crippen molar-refractivity contribution < 1.29 is 14.9 Å². The molecule has 0 spiro atoms. The van der Waals surface area contributed by atoms with Crippen LogP contribution in [-0.2, 0) is 4.74 Å². The van der Waals surface area contributed by atoms with Gasteiger partial charge in [0.05, 0.1) is 18.3 Å². The van der Waals surface area contributed by atoms with Crippen LogP contribution in [0.1, 0.15) is 12.6 Å². The number of aliphatic hydroxyl groups is 2. The van der Waals surface area contributed by atoms with Gasteiger partial charge < -0.3 is 14.9 Å². The number of aromatic amines is 1. The maximum Gasteiger partial charge on any atom is 0.330 e. The zero-order chi connectivity index (χ0) is 16.6. The molecule has 1 aromatic carbocycles. The second-order valence-electron chi connectivity index (χ2n) is 5.33. The molecule has 122 valence electrons. The largest absolute Gasteiger partial charge is 0.394 e. The highest BCUT2D eigenvalue weighted by atomic mass is 79.9. The van der Waals surface area contributed by atoms with Gasteiger partial charge in [0.15, 0.2) is 0 Å². The van der Waals surface area contributed by atoms with Gasteiger partial charge in [-0.1, -0.05) is 28.1 Å². The van der Waals surface area contributed by atoms with Crippen LogP contribution in [0.4, 0.5) is 0 Å². The van der Waals surface area contributed by atoms with E-state index in [1.807, 2.05) is 0 Å². The molecule has 3 rings (SSSR count). The van der Waals surface area contributed by atoms with Gasteiger partial charge in [0.2, 0.25) is 0 Å². The van der Waals surface area contributed by atoms with Crippen LogP contribution in [0.3, 0.4) is 0 Å². The molecule has 1 aromatic heterocycles. The van der Waals surface area contributed by atoms with Gasteiger partial charge in [-0.2, -0.15) is 0 Å². The Kier molecular flexibility index (Phi) is 4.49. The topological polar surface area (TPSA) is 105 Å². The van der Waals surface area contributed by atoms with Crippen LogP contribution in [0.15, 0.2) is 44.5 Å². The Morgan fingerprint density at radius 1 is 1.30 bits per heavy atom. The quantitative estimate of drug-likeness (QED) is 0.721. The molecule has 0 radical (unpaired) electrons. The standard InChI is InChI=1S/C15H15BrN2O5/c16-9-3-1-8(2-4-9)10-6-18(15(22)17-14(10)21)13-5-11(20)12(7-19)23-13/h1-4,6,11-13,19-20H,5,7H2,(H,17,21,22)/t11-,12+,13+/m0/s1. The van der Waals surface area contributed by atoms with E-state index in [9.17, 15) is 14.7 Å². The average molecular weight is 383 g/mol. The lowest BCUT2D eigenvalue weighted by atomic mass is 10.1. The van der Waals surface area contributed by atoms with E-state index in [0.717, 1.165) is 4.47 Å². The third kappa shape index (κ3) is 3.16. The maximum absolute atomic E-state index is 12.1. The smallest absolute Gasteiger partial charge is 0.330 e. The van der Waals surface area contributed by atoms with E-state index in [1.54, 1.807) is 24.3 Å². The van der Waals surface area contributed by atoms with Gasteiger partial charge in [-0.25, -0.2) is 4.79 Å². The molecule has 3 atom stereocenters. The second-order valence-corrected chi connectivity index (χ2v) is 6.25. The van der Waals surface area contributed by atoms with Crippen molar-refractivity contribution in [1.29, 1.82) is 0 Å². The van der Waals surface area contributed by atoms with Crippen LogP contribution >= 0.6 is 15.9 Å². The average Bonchev–Trinajstić information content (AvgIpc) is 2.89. The van der Waals surface area contributed by atoms with Crippen molar-refractivity contribution in [2.45, 2.75) is 24.9 Å². The van der Waals surface area contributed by atoms with E-state index < -0.39 is 29.7 Å². The number of H-pyrrole nitrogens is 1. The number of hydrogen-bond donors (Lipinski definition) is 3. The highest BCUT2D eigenvalue weighted by Gasteiger charge is 2.35. The maximum atomic E-state index is 12.1. The molecule has 1 aliphatic heterocycles. The number of halogens is 1. The molecule has 2 heterocycles. The molecule has 3 N–H and O–H groups in total. The first-order valence-corrected chi connectivity index (χ1v) is 7.84. The highest BCUT2D eigenvalue weighted by Crippen LogP contribution is 2.28. The summed E-state index contributed by atoms with van der Waals surface area (Å²) in [5, 5.41) is 18.9. The van der Waals surface area contributed by atoms with Gasteiger partial charge >= 0.3 is 5.69 Å². The lowest BCUT2D eigenvalue weighted by Crippen LogP contribution is -2.33. The van der Waals surface area contributed by atoms with Crippen molar-refractivity contribution in [2.75, 3.05) is 6.61 Å². The Balaban J connectivity index is 2.03. The van der Waals surface area contributed by atoms with Crippen molar-refractivity contribution in [3.8, 4) is 11.1 Å². The lowest BCUT2D eigenvalue weighted by molar-refractivity contribution is -0.0458. The van der Waals surface area contributed by atoms with Crippen LogP contribution in [0.5, 0.6) is 0 Å². The predicted molar refractivity (Wildman–Crippen MR) is 86.1 cm³/mol. The number of aliphatic hydroxyl groups excluding tert-OH is 2. The summed E-state index contributed by atoms with van der Waals surface area (Å²) in [7, 11) is 0. The van der Waals surface area contributed by atoms with Crippen molar-refractivity contribution >= 4 is 15.9 Å². The summed E-state index contributed by atoms with van der Waals surface area (Å²) in [6.45, 7) is -0.338. The zero-order valence-electron chi connectivity index (χ0n) is 12.0. The van der Waals surface area contributed by atoms with E-state index in [0.29, 0.717) is 11.1 Å². The summed E-state index contributed by atoms with van der Waals surface area (Å²) in [6, 6.07) is 7.10. The monoisotopic (exact) mass is 382 g/mol. The third-order valence-corrected chi connectivity index (χ3v) is 4.35. The molecule has 1 aliphatic rings. The van der Waals surface area contributed by atoms with Crippen LogP contribution in [0.2, 0.25) is 0 Å². The van der Waals surface area contributed by atoms with Gasteiger partial charge in [-0.3, -0.25) is 14.3 Å². The minimum atomic E-state index is -0.861. The number of ether oxygens (including phenoxy) is 1. The summed E-state index contributed by atoms with van der Waals surface area (Å²) in [4.78, 5) is 26.4. The van der Waals surface area contributed by atoms with Crippen molar-refractivity contribution in [3.05, 3.63) is 55.8 Å². The molecule has 0 bridgehead atoms. The Morgan fingerprint density at radius 2 is 2.00 bits per heavy atom. The van der Waals surface area contributed by atoms with Crippen LogP contribution < -0.4 is 11.2 Å². The summed E-state index contributed by atoms with van der Waals surface area (Å²) >= 11 is 3.32. The normalized spacial score (nSPS) is 24.0. The fourth-order valence-corrected chi connectivity index (χ4v) is 2.85. The molecule has 0 unspecified atom stereocenters. The predicted octanol–water partition coefficient (Wildman–Crippen LogP) is 0.607. The van der Waals surface area contributed by atoms with Crippen molar-refractivity contribution in [3.63, 3.8) is 0 Å².